The summed E-state index contributed by atoms with van der Waals surface area (Å²) in [6.07, 6.45) is 82.3. The first kappa shape index (κ1) is 69.1. The smallest absolute Gasteiger partial charge is 0.306 e. The summed E-state index contributed by atoms with van der Waals surface area (Å²) in [7, 11) is 0. The lowest BCUT2D eigenvalue weighted by Gasteiger charge is -2.18. The Morgan fingerprint density at radius 3 is 0.918 bits per heavy atom. The Kier molecular flexibility index (Phi) is 57.4. The van der Waals surface area contributed by atoms with Crippen LogP contribution in [0.25, 0.3) is 0 Å². The fourth-order valence-corrected chi connectivity index (χ4v) is 8.23. The van der Waals surface area contributed by atoms with Gasteiger partial charge in [0.15, 0.2) is 6.10 Å². The molecular formula is C67H112O6. The quantitative estimate of drug-likeness (QED) is 0.0261. The molecule has 0 radical (unpaired) electrons. The lowest BCUT2D eigenvalue weighted by Crippen LogP contribution is -2.30. The van der Waals surface area contributed by atoms with Gasteiger partial charge in [0, 0.05) is 19.3 Å². The van der Waals surface area contributed by atoms with Crippen LogP contribution in [-0.2, 0) is 28.6 Å². The summed E-state index contributed by atoms with van der Waals surface area (Å²) in [5.41, 5.74) is 0. The number of unbranched alkanes of at least 4 members (excludes halogenated alkanes) is 25. The minimum absolute atomic E-state index is 0.0983. The minimum atomic E-state index is -0.807. The number of hydrogen-bond donors (Lipinski definition) is 0. The summed E-state index contributed by atoms with van der Waals surface area (Å²) in [6.45, 7) is 6.46. The van der Waals surface area contributed by atoms with Crippen molar-refractivity contribution in [2.24, 2.45) is 0 Å². The van der Waals surface area contributed by atoms with E-state index in [9.17, 15) is 14.4 Å². The zero-order chi connectivity index (χ0) is 52.9. The first-order valence-corrected chi connectivity index (χ1v) is 30.4. The molecule has 6 heteroatoms. The normalized spacial score (nSPS) is 12.9. The highest BCUT2D eigenvalue weighted by Gasteiger charge is 2.19. The molecule has 0 bridgehead atoms. The predicted molar refractivity (Wildman–Crippen MR) is 316 cm³/mol. The lowest BCUT2D eigenvalue weighted by atomic mass is 10.0. The summed E-state index contributed by atoms with van der Waals surface area (Å²) >= 11 is 0. The second-order valence-electron chi connectivity index (χ2n) is 19.9. The number of carbonyl (C=O) groups excluding carboxylic acids is 3. The van der Waals surface area contributed by atoms with E-state index in [-0.39, 0.29) is 37.5 Å². The Hall–Kier alpha value is -3.93. The molecular weight excluding hydrogens is 901 g/mol. The Balaban J connectivity index is 4.49. The molecule has 0 heterocycles. The third kappa shape index (κ3) is 58.8. The van der Waals surface area contributed by atoms with Crippen LogP contribution in [0.3, 0.4) is 0 Å². The van der Waals surface area contributed by atoms with Gasteiger partial charge in [-0.25, -0.2) is 0 Å². The molecule has 0 aromatic rings. The van der Waals surface area contributed by atoms with E-state index in [2.05, 4.69) is 130 Å². The van der Waals surface area contributed by atoms with Gasteiger partial charge < -0.3 is 14.2 Å². The summed E-state index contributed by atoms with van der Waals surface area (Å²) in [5, 5.41) is 0. The zero-order valence-electron chi connectivity index (χ0n) is 47.6. The summed E-state index contributed by atoms with van der Waals surface area (Å²) in [5.74, 6) is -0.963. The van der Waals surface area contributed by atoms with Crippen LogP contribution in [0.15, 0.2) is 109 Å². The molecule has 0 spiro atoms. The van der Waals surface area contributed by atoms with Crippen molar-refractivity contribution in [2.75, 3.05) is 13.2 Å². The van der Waals surface area contributed by atoms with Gasteiger partial charge in [0.1, 0.15) is 13.2 Å². The number of ether oxygens (including phenoxy) is 3. The number of allylic oxidation sites excluding steroid dienone is 18. The molecule has 0 aliphatic rings. The lowest BCUT2D eigenvalue weighted by molar-refractivity contribution is -0.167. The van der Waals surface area contributed by atoms with Gasteiger partial charge in [-0.15, -0.1) is 0 Å². The monoisotopic (exact) mass is 1010 g/mol. The van der Waals surface area contributed by atoms with Crippen LogP contribution in [0.1, 0.15) is 278 Å². The highest BCUT2D eigenvalue weighted by Crippen LogP contribution is 2.15. The second kappa shape index (κ2) is 60.6. The molecule has 1 atom stereocenters. The van der Waals surface area contributed by atoms with Crippen LogP contribution < -0.4 is 0 Å². The summed E-state index contributed by atoms with van der Waals surface area (Å²) < 4.78 is 16.8. The van der Waals surface area contributed by atoms with Crippen molar-refractivity contribution in [3.8, 4) is 0 Å². The third-order valence-electron chi connectivity index (χ3n) is 12.8. The van der Waals surface area contributed by atoms with Gasteiger partial charge in [-0.3, -0.25) is 14.4 Å². The van der Waals surface area contributed by atoms with Crippen molar-refractivity contribution < 1.29 is 28.6 Å². The Bertz CT molecular complexity index is 1490. The van der Waals surface area contributed by atoms with Crippen LogP contribution in [0, 0.1) is 0 Å². The Morgan fingerprint density at radius 1 is 0.288 bits per heavy atom. The Labute approximate surface area is 450 Å². The van der Waals surface area contributed by atoms with Crippen LogP contribution in [-0.4, -0.2) is 37.2 Å². The molecule has 73 heavy (non-hydrogen) atoms. The van der Waals surface area contributed by atoms with Crippen LogP contribution in [0.5, 0.6) is 0 Å². The van der Waals surface area contributed by atoms with Crippen molar-refractivity contribution in [1.29, 1.82) is 0 Å². The molecule has 0 amide bonds. The molecule has 0 rings (SSSR count). The first-order valence-electron chi connectivity index (χ1n) is 30.4. The molecule has 0 aromatic carbocycles. The number of hydrogen-bond acceptors (Lipinski definition) is 6. The standard InChI is InChI=1S/C67H112O6/c1-4-7-10-13-16-19-22-25-28-30-31-32-33-34-35-37-39-42-45-48-51-54-57-60-66(69)72-63-64(62-71-65(68)59-56-53-50-47-44-41-38-27-24-21-18-15-12-9-6-3)73-67(70)61-58-55-52-49-46-43-40-36-29-26-23-20-17-14-11-8-5-2/h7,10,16-17,19-20,25-26,28-29,31-32,34-35,39,42,48,51,64H,4-6,8-9,11-15,18,21-24,27,30,33,36-38,40-41,43-47,49-50,52-63H2,1-3H3/b10-7-,19-16-,20-17-,28-25-,29-26-,32-31-,35-34-,42-39-,51-48-. The maximum absolute atomic E-state index is 12.9. The van der Waals surface area contributed by atoms with Gasteiger partial charge in [-0.1, -0.05) is 265 Å². The maximum atomic E-state index is 12.9. The average molecular weight is 1010 g/mol. The molecule has 0 saturated carbocycles. The number of rotatable bonds is 54. The van der Waals surface area contributed by atoms with E-state index in [1.165, 1.54) is 128 Å². The van der Waals surface area contributed by atoms with Crippen LogP contribution in [0.2, 0.25) is 0 Å². The van der Waals surface area contributed by atoms with E-state index >= 15 is 0 Å². The van der Waals surface area contributed by atoms with Crippen molar-refractivity contribution in [3.63, 3.8) is 0 Å². The van der Waals surface area contributed by atoms with E-state index in [0.29, 0.717) is 19.3 Å². The summed E-state index contributed by atoms with van der Waals surface area (Å²) in [6, 6.07) is 0. The van der Waals surface area contributed by atoms with Crippen molar-refractivity contribution >= 4 is 17.9 Å². The minimum Gasteiger partial charge on any atom is -0.462 e. The van der Waals surface area contributed by atoms with Gasteiger partial charge in [-0.2, -0.15) is 0 Å². The topological polar surface area (TPSA) is 78.9 Å². The average Bonchev–Trinajstić information content (AvgIpc) is 3.39. The molecule has 0 N–H and O–H groups in total. The molecule has 0 aromatic heterocycles. The SMILES string of the molecule is CC/C=C\C/C=C\C/C=C\C/C=C\C/C=C\C/C=C\C/C=C\CCCC(=O)OCC(COC(=O)CCCCCCCCCCCCCCCCC)OC(=O)CCCCCCCCC/C=C\C/C=C\CCCCC. The molecule has 0 saturated heterocycles. The number of esters is 3. The molecule has 6 nitrogen and oxygen atoms in total. The highest BCUT2D eigenvalue weighted by molar-refractivity contribution is 5.71. The fraction of sp³-hybridized carbons (Fsp3) is 0.687. The molecule has 0 aliphatic carbocycles. The maximum Gasteiger partial charge on any atom is 0.306 e. The zero-order valence-corrected chi connectivity index (χ0v) is 47.6. The summed E-state index contributed by atoms with van der Waals surface area (Å²) in [4.78, 5) is 38.2. The first-order chi connectivity index (χ1) is 36.0. The fourth-order valence-electron chi connectivity index (χ4n) is 8.23. The third-order valence-corrected chi connectivity index (χ3v) is 12.8. The van der Waals surface area contributed by atoms with Gasteiger partial charge in [0.2, 0.25) is 0 Å². The van der Waals surface area contributed by atoms with Crippen LogP contribution in [0.4, 0.5) is 0 Å². The number of carbonyl (C=O) groups is 3. The van der Waals surface area contributed by atoms with E-state index in [1.807, 2.05) is 0 Å². The van der Waals surface area contributed by atoms with E-state index in [1.54, 1.807) is 0 Å². The van der Waals surface area contributed by atoms with Crippen molar-refractivity contribution in [1.82, 2.24) is 0 Å². The van der Waals surface area contributed by atoms with Crippen molar-refractivity contribution in [3.05, 3.63) is 109 Å². The van der Waals surface area contributed by atoms with E-state index < -0.39 is 6.10 Å². The molecule has 1 unspecified atom stereocenters. The van der Waals surface area contributed by atoms with Gasteiger partial charge in [0.25, 0.3) is 0 Å². The van der Waals surface area contributed by atoms with Gasteiger partial charge >= 0.3 is 17.9 Å². The van der Waals surface area contributed by atoms with E-state index in [0.717, 1.165) is 103 Å². The Morgan fingerprint density at radius 2 is 0.548 bits per heavy atom. The van der Waals surface area contributed by atoms with Crippen molar-refractivity contribution in [2.45, 2.75) is 284 Å². The van der Waals surface area contributed by atoms with Crippen LogP contribution >= 0.6 is 0 Å². The second-order valence-corrected chi connectivity index (χ2v) is 19.9. The highest BCUT2D eigenvalue weighted by atomic mass is 16.6. The predicted octanol–water partition coefficient (Wildman–Crippen LogP) is 20.7. The van der Waals surface area contributed by atoms with Gasteiger partial charge in [0.05, 0.1) is 0 Å². The van der Waals surface area contributed by atoms with E-state index in [4.69, 9.17) is 14.2 Å². The van der Waals surface area contributed by atoms with Gasteiger partial charge in [-0.05, 0) is 103 Å². The largest absolute Gasteiger partial charge is 0.462 e. The molecule has 0 fully saturated rings. The molecule has 0 aliphatic heterocycles. The molecule has 416 valence electrons.